The molecular formula is C24H24N4O2S. The van der Waals surface area contributed by atoms with E-state index in [9.17, 15) is 4.79 Å². The maximum atomic E-state index is 13.2. The average Bonchev–Trinajstić information content (AvgIpc) is 3.57. The van der Waals surface area contributed by atoms with E-state index in [1.807, 2.05) is 67.5 Å². The fraction of sp³-hybridized carbons (Fsp3) is 0.292. The van der Waals surface area contributed by atoms with Crippen LogP contribution in [0.5, 0.6) is 0 Å². The van der Waals surface area contributed by atoms with Gasteiger partial charge in [0.25, 0.3) is 5.91 Å². The molecule has 1 aliphatic rings. The largest absolute Gasteiger partial charge is 0.454 e. The lowest BCUT2D eigenvalue weighted by molar-refractivity contribution is 0.0700. The van der Waals surface area contributed by atoms with Gasteiger partial charge in [-0.25, -0.2) is 4.98 Å². The van der Waals surface area contributed by atoms with Crippen LogP contribution in [-0.4, -0.2) is 34.4 Å². The lowest BCUT2D eigenvalue weighted by Gasteiger charge is -2.22. The lowest BCUT2D eigenvalue weighted by atomic mass is 10.1. The number of aromatic nitrogens is 2. The van der Waals surface area contributed by atoms with E-state index in [2.05, 4.69) is 10.3 Å². The third kappa shape index (κ3) is 3.64. The number of amides is 1. The van der Waals surface area contributed by atoms with Crippen LogP contribution in [0.1, 0.15) is 53.2 Å². The second kappa shape index (κ2) is 8.24. The van der Waals surface area contributed by atoms with Crippen LogP contribution in [0.2, 0.25) is 0 Å². The van der Waals surface area contributed by atoms with Gasteiger partial charge in [-0.2, -0.15) is 0 Å². The molecule has 0 bridgehead atoms. The van der Waals surface area contributed by atoms with Gasteiger partial charge >= 0.3 is 0 Å². The predicted molar refractivity (Wildman–Crippen MR) is 122 cm³/mol. The van der Waals surface area contributed by atoms with Crippen molar-refractivity contribution >= 4 is 27.5 Å². The number of carbonyl (C=O) groups excluding carboxylic acids is 1. The number of rotatable bonds is 5. The Morgan fingerprint density at radius 2 is 2.06 bits per heavy atom. The van der Waals surface area contributed by atoms with E-state index in [0.717, 1.165) is 45.1 Å². The van der Waals surface area contributed by atoms with Gasteiger partial charge in [-0.1, -0.05) is 30.3 Å². The molecule has 158 valence electrons. The molecule has 3 aromatic heterocycles. The van der Waals surface area contributed by atoms with Gasteiger partial charge in [-0.3, -0.25) is 9.78 Å². The number of pyridine rings is 1. The van der Waals surface area contributed by atoms with Gasteiger partial charge in [0.05, 0.1) is 22.5 Å². The molecule has 6 nitrogen and oxygen atoms in total. The summed E-state index contributed by atoms with van der Waals surface area (Å²) >= 11 is 1.65. The number of hydrogen-bond acceptors (Lipinski definition) is 6. The molecule has 0 spiro atoms. The molecule has 2 atom stereocenters. The summed E-state index contributed by atoms with van der Waals surface area (Å²) in [5, 5.41) is 4.10. The molecule has 5 rings (SSSR count). The average molecular weight is 433 g/mol. The van der Waals surface area contributed by atoms with Crippen LogP contribution in [0.15, 0.2) is 59.1 Å². The molecule has 1 aliphatic heterocycles. The fourth-order valence-electron chi connectivity index (χ4n) is 4.07. The minimum atomic E-state index is -0.0716. The SMILES string of the molecule is CNC(C)c1ccc(C(=O)N2CCCC2c2nc3c(-c4ccccc4)nccc3s2)o1. The number of fused-ring (bicyclic) bond motifs is 1. The number of likely N-dealkylation sites (tertiary alicyclic amines) is 1. The first-order valence-electron chi connectivity index (χ1n) is 10.5. The summed E-state index contributed by atoms with van der Waals surface area (Å²) in [6.07, 6.45) is 3.69. The highest BCUT2D eigenvalue weighted by atomic mass is 32.1. The molecule has 0 aliphatic carbocycles. The molecule has 1 fully saturated rings. The number of hydrogen-bond donors (Lipinski definition) is 1. The van der Waals surface area contributed by atoms with E-state index in [4.69, 9.17) is 9.40 Å². The quantitative estimate of drug-likeness (QED) is 0.469. The Labute approximate surface area is 184 Å². The van der Waals surface area contributed by atoms with Gasteiger partial charge in [-0.15, -0.1) is 11.3 Å². The summed E-state index contributed by atoms with van der Waals surface area (Å²) in [7, 11) is 1.87. The summed E-state index contributed by atoms with van der Waals surface area (Å²) in [5.41, 5.74) is 2.83. The molecule has 1 saturated heterocycles. The lowest BCUT2D eigenvalue weighted by Crippen LogP contribution is -2.30. The number of benzene rings is 1. The second-order valence-corrected chi connectivity index (χ2v) is 8.86. The van der Waals surface area contributed by atoms with Crippen LogP contribution in [0, 0.1) is 0 Å². The topological polar surface area (TPSA) is 71.3 Å². The van der Waals surface area contributed by atoms with Crippen molar-refractivity contribution in [3.05, 3.63) is 71.3 Å². The Morgan fingerprint density at radius 1 is 1.23 bits per heavy atom. The van der Waals surface area contributed by atoms with Gasteiger partial charge in [0.2, 0.25) is 0 Å². The molecule has 0 saturated carbocycles. The Hall–Kier alpha value is -3.03. The highest BCUT2D eigenvalue weighted by Gasteiger charge is 2.34. The van der Waals surface area contributed by atoms with E-state index in [1.54, 1.807) is 17.4 Å². The van der Waals surface area contributed by atoms with E-state index in [-0.39, 0.29) is 18.0 Å². The van der Waals surface area contributed by atoms with E-state index in [0.29, 0.717) is 12.3 Å². The van der Waals surface area contributed by atoms with Crippen LogP contribution in [0.3, 0.4) is 0 Å². The Morgan fingerprint density at radius 3 is 2.87 bits per heavy atom. The fourth-order valence-corrected chi connectivity index (χ4v) is 5.18. The molecule has 4 aromatic rings. The summed E-state index contributed by atoms with van der Waals surface area (Å²) < 4.78 is 6.94. The Kier molecular flexibility index (Phi) is 5.29. The van der Waals surface area contributed by atoms with Crippen molar-refractivity contribution in [3.8, 4) is 11.3 Å². The van der Waals surface area contributed by atoms with Crippen molar-refractivity contribution in [2.24, 2.45) is 0 Å². The number of nitrogens with one attached hydrogen (secondary N) is 1. The molecule has 7 heteroatoms. The maximum absolute atomic E-state index is 13.2. The first-order valence-corrected chi connectivity index (χ1v) is 11.4. The summed E-state index contributed by atoms with van der Waals surface area (Å²) in [6.45, 7) is 2.71. The maximum Gasteiger partial charge on any atom is 0.290 e. The minimum absolute atomic E-state index is 0.0382. The minimum Gasteiger partial charge on any atom is -0.454 e. The van der Waals surface area contributed by atoms with Crippen molar-refractivity contribution in [1.82, 2.24) is 20.2 Å². The number of thiazole rings is 1. The number of furan rings is 1. The van der Waals surface area contributed by atoms with Crippen molar-refractivity contribution in [2.45, 2.75) is 31.8 Å². The first kappa shape index (κ1) is 19.9. The summed E-state index contributed by atoms with van der Waals surface area (Å²) in [5.74, 6) is 1.08. The van der Waals surface area contributed by atoms with Crippen LogP contribution in [-0.2, 0) is 0 Å². The zero-order valence-corrected chi connectivity index (χ0v) is 18.4. The van der Waals surface area contributed by atoms with Gasteiger partial charge in [0, 0.05) is 18.3 Å². The zero-order chi connectivity index (χ0) is 21.4. The first-order chi connectivity index (χ1) is 15.2. The normalized spacial score (nSPS) is 17.4. The highest BCUT2D eigenvalue weighted by molar-refractivity contribution is 7.18. The monoisotopic (exact) mass is 432 g/mol. The second-order valence-electron chi connectivity index (χ2n) is 7.79. The van der Waals surface area contributed by atoms with Crippen molar-refractivity contribution in [1.29, 1.82) is 0 Å². The van der Waals surface area contributed by atoms with Crippen molar-refractivity contribution in [2.75, 3.05) is 13.6 Å². The Bertz CT molecular complexity index is 1220. The van der Waals surface area contributed by atoms with Crippen LogP contribution < -0.4 is 5.32 Å². The van der Waals surface area contributed by atoms with E-state index in [1.165, 1.54) is 0 Å². The molecule has 1 N–H and O–H groups in total. The molecule has 31 heavy (non-hydrogen) atoms. The van der Waals surface area contributed by atoms with E-state index < -0.39 is 0 Å². The summed E-state index contributed by atoms with van der Waals surface area (Å²) in [4.78, 5) is 24.7. The van der Waals surface area contributed by atoms with Crippen molar-refractivity contribution < 1.29 is 9.21 Å². The number of carbonyl (C=O) groups is 1. The number of nitrogens with zero attached hydrogens (tertiary/aromatic N) is 3. The van der Waals surface area contributed by atoms with Gasteiger partial charge in [0.15, 0.2) is 5.76 Å². The van der Waals surface area contributed by atoms with Gasteiger partial charge in [-0.05, 0) is 45.0 Å². The molecule has 1 amide bonds. The Balaban J connectivity index is 1.47. The summed E-state index contributed by atoms with van der Waals surface area (Å²) in [6, 6.07) is 15.8. The van der Waals surface area contributed by atoms with E-state index >= 15 is 0 Å². The molecule has 1 aromatic carbocycles. The predicted octanol–water partition coefficient (Wildman–Crippen LogP) is 5.21. The van der Waals surface area contributed by atoms with Crippen molar-refractivity contribution in [3.63, 3.8) is 0 Å². The molecule has 4 heterocycles. The smallest absolute Gasteiger partial charge is 0.290 e. The molecule has 2 unspecified atom stereocenters. The molecule has 0 radical (unpaired) electrons. The van der Waals surface area contributed by atoms with Crippen LogP contribution in [0.25, 0.3) is 21.5 Å². The van der Waals surface area contributed by atoms with Crippen LogP contribution >= 0.6 is 11.3 Å². The third-order valence-corrected chi connectivity index (χ3v) is 6.99. The zero-order valence-electron chi connectivity index (χ0n) is 17.5. The molecular weight excluding hydrogens is 408 g/mol. The van der Waals surface area contributed by atoms with Crippen LogP contribution in [0.4, 0.5) is 0 Å². The van der Waals surface area contributed by atoms with Gasteiger partial charge < -0.3 is 14.6 Å². The third-order valence-electron chi connectivity index (χ3n) is 5.87. The highest BCUT2D eigenvalue weighted by Crippen LogP contribution is 2.39. The standard InChI is InChI=1S/C24H24N4O2S/c1-15(25-2)18-10-11-19(30-18)24(29)28-14-6-9-17(28)23-27-22-20(31-23)12-13-26-21(22)16-7-4-3-5-8-16/h3-5,7-8,10-13,15,17,25H,6,9,14H2,1-2H3. The van der Waals surface area contributed by atoms with Gasteiger partial charge in [0.1, 0.15) is 16.3 Å².